The SMILES string of the molecule is N#CC1C(=N)N=C(SCC(=O)Nc2ccc(Br)cc2)C(C#N)C12CCCCC2. The number of aliphatic imine (C=N–C) groups is 1. The number of rotatable bonds is 3. The highest BCUT2D eigenvalue weighted by molar-refractivity contribution is 9.10. The normalized spacial score (nSPS) is 23.4. The Morgan fingerprint density at radius 1 is 1.21 bits per heavy atom. The van der Waals surface area contributed by atoms with E-state index >= 15 is 0 Å². The molecular formula is C20H20BrN5OS. The number of nitrogens with one attached hydrogen (secondary N) is 2. The number of amides is 1. The van der Waals surface area contributed by atoms with Gasteiger partial charge in [-0.15, -0.1) is 0 Å². The van der Waals surface area contributed by atoms with Gasteiger partial charge in [-0.1, -0.05) is 47.0 Å². The quantitative estimate of drug-likeness (QED) is 0.681. The lowest BCUT2D eigenvalue weighted by atomic mass is 9.58. The van der Waals surface area contributed by atoms with Gasteiger partial charge >= 0.3 is 0 Å². The molecule has 2 atom stereocenters. The van der Waals surface area contributed by atoms with Gasteiger partial charge in [0.1, 0.15) is 17.7 Å². The Morgan fingerprint density at radius 2 is 1.86 bits per heavy atom. The van der Waals surface area contributed by atoms with Crippen molar-refractivity contribution < 1.29 is 4.79 Å². The fourth-order valence-corrected chi connectivity index (χ4v) is 5.31. The summed E-state index contributed by atoms with van der Waals surface area (Å²) >= 11 is 4.55. The van der Waals surface area contributed by atoms with Crippen LogP contribution in [-0.4, -0.2) is 22.5 Å². The number of hydrogen-bond donors (Lipinski definition) is 2. The van der Waals surface area contributed by atoms with Crippen LogP contribution >= 0.6 is 27.7 Å². The number of carbonyl (C=O) groups excluding carboxylic acids is 1. The molecule has 0 saturated heterocycles. The van der Waals surface area contributed by atoms with Crippen molar-refractivity contribution in [1.29, 1.82) is 15.9 Å². The second-order valence-corrected chi connectivity index (χ2v) is 9.01. The van der Waals surface area contributed by atoms with Crippen LogP contribution in [-0.2, 0) is 4.79 Å². The first kappa shape index (κ1) is 20.6. The number of thioether (sulfide) groups is 1. The summed E-state index contributed by atoms with van der Waals surface area (Å²) < 4.78 is 0.927. The summed E-state index contributed by atoms with van der Waals surface area (Å²) in [5.41, 5.74) is 0.141. The molecule has 8 heteroatoms. The molecule has 1 aliphatic heterocycles. The van der Waals surface area contributed by atoms with Crippen molar-refractivity contribution >= 4 is 50.2 Å². The minimum Gasteiger partial charge on any atom is -0.325 e. The Labute approximate surface area is 177 Å². The van der Waals surface area contributed by atoms with E-state index in [0.717, 1.165) is 36.6 Å². The summed E-state index contributed by atoms with van der Waals surface area (Å²) in [5.74, 6) is -1.27. The van der Waals surface area contributed by atoms with Gasteiger partial charge in [-0.3, -0.25) is 10.2 Å². The molecule has 2 unspecified atom stereocenters. The van der Waals surface area contributed by atoms with E-state index in [2.05, 4.69) is 38.4 Å². The number of halogens is 1. The van der Waals surface area contributed by atoms with Gasteiger partial charge in [-0.05, 0) is 37.1 Å². The highest BCUT2D eigenvalue weighted by Crippen LogP contribution is 2.52. The molecule has 0 aromatic heterocycles. The Hall–Kier alpha value is -2.16. The summed E-state index contributed by atoms with van der Waals surface area (Å²) in [4.78, 5) is 16.6. The number of amidine groups is 1. The summed E-state index contributed by atoms with van der Waals surface area (Å²) in [6.07, 6.45) is 4.48. The van der Waals surface area contributed by atoms with Crippen molar-refractivity contribution in [1.82, 2.24) is 0 Å². The van der Waals surface area contributed by atoms with E-state index in [0.29, 0.717) is 10.7 Å². The fraction of sp³-hybridized carbons (Fsp3) is 0.450. The zero-order valence-electron chi connectivity index (χ0n) is 15.2. The maximum atomic E-state index is 12.3. The highest BCUT2D eigenvalue weighted by atomic mass is 79.9. The Kier molecular flexibility index (Phi) is 6.53. The van der Waals surface area contributed by atoms with E-state index in [1.165, 1.54) is 11.8 Å². The molecule has 1 aromatic carbocycles. The van der Waals surface area contributed by atoms with Crippen LogP contribution in [0.5, 0.6) is 0 Å². The average Bonchev–Trinajstić information content (AvgIpc) is 2.69. The molecule has 0 bridgehead atoms. The van der Waals surface area contributed by atoms with E-state index < -0.39 is 17.3 Å². The summed E-state index contributed by atoms with van der Waals surface area (Å²) in [7, 11) is 0. The minimum absolute atomic E-state index is 0.0201. The molecule has 1 spiro atoms. The monoisotopic (exact) mass is 457 g/mol. The van der Waals surface area contributed by atoms with Gasteiger partial charge in [0, 0.05) is 15.6 Å². The lowest BCUT2D eigenvalue weighted by molar-refractivity contribution is -0.113. The number of nitrogens with zero attached hydrogens (tertiary/aromatic N) is 3. The van der Waals surface area contributed by atoms with E-state index in [1.54, 1.807) is 12.1 Å². The first-order valence-corrected chi connectivity index (χ1v) is 10.9. The van der Waals surface area contributed by atoms with Gasteiger partial charge in [-0.2, -0.15) is 10.5 Å². The Morgan fingerprint density at radius 3 is 2.46 bits per heavy atom. The Bertz CT molecular complexity index is 877. The Balaban J connectivity index is 1.74. The highest BCUT2D eigenvalue weighted by Gasteiger charge is 2.53. The predicted molar refractivity (Wildman–Crippen MR) is 114 cm³/mol. The van der Waals surface area contributed by atoms with E-state index in [9.17, 15) is 15.3 Å². The van der Waals surface area contributed by atoms with Crippen LogP contribution in [0.2, 0.25) is 0 Å². The molecular weight excluding hydrogens is 438 g/mol. The predicted octanol–water partition coefficient (Wildman–Crippen LogP) is 4.74. The molecule has 1 amide bonds. The number of anilines is 1. The number of carbonyl (C=O) groups is 1. The molecule has 1 aromatic rings. The maximum absolute atomic E-state index is 12.3. The third-order valence-corrected chi connectivity index (χ3v) is 6.98. The van der Waals surface area contributed by atoms with Gasteiger partial charge in [-0.25, -0.2) is 4.99 Å². The van der Waals surface area contributed by atoms with Crippen LogP contribution in [0.25, 0.3) is 0 Å². The third kappa shape index (κ3) is 4.14. The molecule has 1 heterocycles. The van der Waals surface area contributed by atoms with Gasteiger partial charge < -0.3 is 5.32 Å². The van der Waals surface area contributed by atoms with E-state index in [1.807, 2.05) is 12.1 Å². The van der Waals surface area contributed by atoms with Crippen molar-refractivity contribution in [3.05, 3.63) is 28.7 Å². The third-order valence-electron chi connectivity index (χ3n) is 5.42. The zero-order chi connectivity index (χ0) is 20.1. The first-order valence-electron chi connectivity index (χ1n) is 9.14. The van der Waals surface area contributed by atoms with Gasteiger partial charge in [0.15, 0.2) is 0 Å². The van der Waals surface area contributed by atoms with Crippen LogP contribution in [0, 0.1) is 45.3 Å². The molecule has 2 N–H and O–H groups in total. The van der Waals surface area contributed by atoms with Crippen LogP contribution < -0.4 is 5.32 Å². The summed E-state index contributed by atoms with van der Waals surface area (Å²) in [6, 6.07) is 11.9. The molecule has 0 radical (unpaired) electrons. The smallest absolute Gasteiger partial charge is 0.234 e. The van der Waals surface area contributed by atoms with E-state index in [-0.39, 0.29) is 17.5 Å². The lowest BCUT2D eigenvalue weighted by Crippen LogP contribution is -2.48. The van der Waals surface area contributed by atoms with Crippen molar-refractivity contribution in [2.24, 2.45) is 22.2 Å². The van der Waals surface area contributed by atoms with E-state index in [4.69, 9.17) is 5.41 Å². The van der Waals surface area contributed by atoms with Crippen molar-refractivity contribution in [3.8, 4) is 12.1 Å². The second-order valence-electron chi connectivity index (χ2n) is 7.10. The van der Waals surface area contributed by atoms with Crippen molar-refractivity contribution in [2.45, 2.75) is 32.1 Å². The lowest BCUT2D eigenvalue weighted by Gasteiger charge is -2.45. The second kappa shape index (κ2) is 8.89. The van der Waals surface area contributed by atoms with Gasteiger partial charge in [0.25, 0.3) is 0 Å². The topological polar surface area (TPSA) is 113 Å². The summed E-state index contributed by atoms with van der Waals surface area (Å²) in [5, 5.41) is 31.1. The number of nitriles is 2. The molecule has 6 nitrogen and oxygen atoms in total. The minimum atomic E-state index is -0.654. The molecule has 1 aliphatic carbocycles. The molecule has 1 saturated carbocycles. The van der Waals surface area contributed by atoms with Crippen LogP contribution in [0.3, 0.4) is 0 Å². The molecule has 144 valence electrons. The number of hydrogen-bond acceptors (Lipinski definition) is 5. The van der Waals surface area contributed by atoms with Crippen LogP contribution in [0.1, 0.15) is 32.1 Å². The molecule has 3 rings (SSSR count). The van der Waals surface area contributed by atoms with Crippen LogP contribution in [0.4, 0.5) is 5.69 Å². The summed E-state index contributed by atoms with van der Waals surface area (Å²) in [6.45, 7) is 0. The molecule has 1 fully saturated rings. The van der Waals surface area contributed by atoms with Crippen LogP contribution in [0.15, 0.2) is 33.7 Å². The van der Waals surface area contributed by atoms with Crippen molar-refractivity contribution in [3.63, 3.8) is 0 Å². The van der Waals surface area contributed by atoms with Gasteiger partial charge in [0.05, 0.1) is 22.9 Å². The average molecular weight is 458 g/mol. The van der Waals surface area contributed by atoms with Crippen molar-refractivity contribution in [2.75, 3.05) is 11.1 Å². The number of benzene rings is 1. The fourth-order valence-electron chi connectivity index (χ4n) is 4.08. The molecule has 28 heavy (non-hydrogen) atoms. The standard InChI is InChI=1S/C20H20BrN5OS/c21-13-4-6-14(7-5-13)25-17(27)12-28-19-16(11-23)20(8-2-1-3-9-20)15(10-22)18(24)26-19/h4-7,15-16,24H,1-3,8-9,12H2,(H,25,27). The largest absolute Gasteiger partial charge is 0.325 e. The maximum Gasteiger partial charge on any atom is 0.234 e. The van der Waals surface area contributed by atoms with Gasteiger partial charge in [0.2, 0.25) is 5.91 Å². The zero-order valence-corrected chi connectivity index (χ0v) is 17.6. The first-order chi connectivity index (χ1) is 13.5. The molecule has 2 aliphatic rings.